The van der Waals surface area contributed by atoms with Crippen molar-refractivity contribution >= 4 is 11.9 Å². The van der Waals surface area contributed by atoms with Gasteiger partial charge in [-0.25, -0.2) is 9.59 Å². The van der Waals surface area contributed by atoms with Gasteiger partial charge in [0.2, 0.25) is 0 Å². The topological polar surface area (TPSA) is 92.8 Å². The third-order valence-electron chi connectivity index (χ3n) is 4.54. The Bertz CT molecular complexity index is 718. The highest BCUT2D eigenvalue weighted by atomic mass is 16.7. The van der Waals surface area contributed by atoms with Gasteiger partial charge in [0.1, 0.15) is 26.6 Å². The van der Waals surface area contributed by atoms with E-state index in [0.717, 1.165) is 6.42 Å². The van der Waals surface area contributed by atoms with Crippen molar-refractivity contribution in [2.24, 2.45) is 0 Å². The van der Waals surface area contributed by atoms with Crippen molar-refractivity contribution in [2.75, 3.05) is 46.8 Å². The maximum Gasteiger partial charge on any atom is 0.338 e. The highest BCUT2D eigenvalue weighted by Crippen LogP contribution is 2.15. The van der Waals surface area contributed by atoms with Crippen LogP contribution in [-0.2, 0) is 28.5 Å². The van der Waals surface area contributed by atoms with E-state index in [4.69, 9.17) is 28.5 Å². The third kappa shape index (κ3) is 13.6. The first-order valence-electron chi connectivity index (χ1n) is 11.7. The van der Waals surface area contributed by atoms with Crippen LogP contribution in [0.3, 0.4) is 0 Å². The number of hydroxylamine groups is 2. The van der Waals surface area contributed by atoms with Crippen molar-refractivity contribution in [1.82, 2.24) is 5.06 Å². The Labute approximate surface area is 203 Å². The lowest BCUT2D eigenvalue weighted by Gasteiger charge is -2.25. The van der Waals surface area contributed by atoms with Crippen LogP contribution in [0.4, 0.5) is 0 Å². The Hall–Kier alpha value is -2.04. The molecule has 0 saturated heterocycles. The maximum atomic E-state index is 12.2. The van der Waals surface area contributed by atoms with Crippen molar-refractivity contribution in [3.05, 3.63) is 35.4 Å². The smallest absolute Gasteiger partial charge is 0.338 e. The Morgan fingerprint density at radius 1 is 0.794 bits per heavy atom. The van der Waals surface area contributed by atoms with Crippen molar-refractivity contribution < 1.29 is 38.1 Å². The van der Waals surface area contributed by atoms with Gasteiger partial charge < -0.3 is 23.7 Å². The maximum absolute atomic E-state index is 12.2. The highest BCUT2D eigenvalue weighted by molar-refractivity contribution is 5.93. The summed E-state index contributed by atoms with van der Waals surface area (Å²) in [6.45, 7) is 13.4. The summed E-state index contributed by atoms with van der Waals surface area (Å²) in [6.07, 6.45) is 1.03. The van der Waals surface area contributed by atoms with Crippen LogP contribution in [0.15, 0.2) is 24.3 Å². The summed E-state index contributed by atoms with van der Waals surface area (Å²) in [7, 11) is 1.73. The Balaban J connectivity index is 2.30. The molecule has 0 spiro atoms. The molecule has 1 aromatic rings. The fourth-order valence-electron chi connectivity index (χ4n) is 2.59. The molecular weight excluding hydrogens is 442 g/mol. The summed E-state index contributed by atoms with van der Waals surface area (Å²) in [5.74, 6) is -0.980. The number of ether oxygens (including phenoxy) is 5. The lowest BCUT2D eigenvalue weighted by atomic mass is 10.1. The van der Waals surface area contributed by atoms with Crippen molar-refractivity contribution in [2.45, 2.75) is 65.8 Å². The summed E-state index contributed by atoms with van der Waals surface area (Å²) in [6, 6.07) is 6.11. The minimum absolute atomic E-state index is 0.0919. The molecule has 0 saturated carbocycles. The van der Waals surface area contributed by atoms with Gasteiger partial charge in [0, 0.05) is 13.7 Å². The molecule has 0 aliphatic heterocycles. The molecule has 9 heteroatoms. The SMILES string of the molecule is CC(C)OCCC(C)(C)OCCOC(=O)c1ccc(C(=O)OCCON(C)COC(C)C)cc1. The third-order valence-corrected chi connectivity index (χ3v) is 4.54. The Morgan fingerprint density at radius 2 is 1.29 bits per heavy atom. The number of esters is 2. The molecular formula is C25H41NO8. The standard InChI is InChI=1S/C25H41NO8/c1-19(2)29-13-12-25(5,6)33-16-14-30-23(27)21-8-10-22(11-9-21)24(28)31-15-17-34-26(7)18-32-20(3)4/h8-11,19-20H,12-18H2,1-7H3. The molecule has 0 bridgehead atoms. The number of rotatable bonds is 17. The number of carbonyl (C=O) groups excluding carboxylic acids is 2. The molecule has 9 nitrogen and oxygen atoms in total. The molecule has 1 rings (SSSR count). The van der Waals surface area contributed by atoms with Gasteiger partial charge in [-0.2, -0.15) is 5.06 Å². The van der Waals surface area contributed by atoms with Gasteiger partial charge >= 0.3 is 11.9 Å². The monoisotopic (exact) mass is 483 g/mol. The van der Waals surface area contributed by atoms with Crippen LogP contribution >= 0.6 is 0 Å². The second kappa shape index (κ2) is 15.8. The number of nitrogens with zero attached hydrogens (tertiary/aromatic N) is 1. The van der Waals surface area contributed by atoms with E-state index in [9.17, 15) is 9.59 Å². The molecule has 0 unspecified atom stereocenters. The molecule has 0 aliphatic carbocycles. The zero-order chi connectivity index (χ0) is 25.6. The number of hydrogen-bond donors (Lipinski definition) is 0. The van der Waals surface area contributed by atoms with E-state index in [1.165, 1.54) is 29.3 Å². The lowest BCUT2D eigenvalue weighted by molar-refractivity contribution is -0.203. The van der Waals surface area contributed by atoms with Gasteiger partial charge in [-0.05, 0) is 72.2 Å². The quantitative estimate of drug-likeness (QED) is 0.142. The Morgan fingerprint density at radius 3 is 1.79 bits per heavy atom. The molecule has 0 radical (unpaired) electrons. The van der Waals surface area contributed by atoms with E-state index in [1.54, 1.807) is 7.05 Å². The van der Waals surface area contributed by atoms with Gasteiger partial charge in [0.05, 0.1) is 35.5 Å². The van der Waals surface area contributed by atoms with Crippen LogP contribution in [0.1, 0.15) is 68.7 Å². The molecule has 0 fully saturated rings. The first-order chi connectivity index (χ1) is 16.0. The van der Waals surface area contributed by atoms with Crippen molar-refractivity contribution in [3.63, 3.8) is 0 Å². The predicted molar refractivity (Wildman–Crippen MR) is 128 cm³/mol. The fraction of sp³-hybridized carbons (Fsp3) is 0.680. The summed E-state index contributed by atoms with van der Waals surface area (Å²) >= 11 is 0. The highest BCUT2D eigenvalue weighted by Gasteiger charge is 2.19. The average Bonchev–Trinajstić information content (AvgIpc) is 2.77. The summed E-state index contributed by atoms with van der Waals surface area (Å²) in [5, 5.41) is 1.53. The summed E-state index contributed by atoms with van der Waals surface area (Å²) < 4.78 is 27.2. The lowest BCUT2D eigenvalue weighted by Crippen LogP contribution is -2.29. The first-order valence-corrected chi connectivity index (χ1v) is 11.7. The zero-order valence-corrected chi connectivity index (χ0v) is 21.6. The molecule has 0 atom stereocenters. The molecule has 0 heterocycles. The normalized spacial score (nSPS) is 11.9. The van der Waals surface area contributed by atoms with Crippen molar-refractivity contribution in [3.8, 4) is 0 Å². The molecule has 0 amide bonds. The minimum Gasteiger partial charge on any atom is -0.460 e. The second-order valence-electron chi connectivity index (χ2n) is 8.93. The second-order valence-corrected chi connectivity index (χ2v) is 8.93. The average molecular weight is 484 g/mol. The zero-order valence-electron chi connectivity index (χ0n) is 21.6. The summed E-state index contributed by atoms with van der Waals surface area (Å²) in [4.78, 5) is 29.7. The van der Waals surface area contributed by atoms with E-state index in [-0.39, 0.29) is 44.2 Å². The number of hydrogen-bond acceptors (Lipinski definition) is 9. The van der Waals surface area contributed by atoms with Gasteiger partial charge in [0.25, 0.3) is 0 Å². The summed E-state index contributed by atoms with van der Waals surface area (Å²) in [5.41, 5.74) is 0.309. The van der Waals surface area contributed by atoms with Crippen LogP contribution in [0.5, 0.6) is 0 Å². The van der Waals surface area contributed by atoms with Crippen LogP contribution in [-0.4, -0.2) is 81.6 Å². The van der Waals surface area contributed by atoms with E-state index >= 15 is 0 Å². The van der Waals surface area contributed by atoms with E-state index in [0.29, 0.717) is 24.5 Å². The van der Waals surface area contributed by atoms with Gasteiger partial charge in [-0.15, -0.1) is 0 Å². The van der Waals surface area contributed by atoms with E-state index in [1.807, 2.05) is 41.5 Å². The first kappa shape index (κ1) is 30.0. The van der Waals surface area contributed by atoms with Crippen LogP contribution in [0.25, 0.3) is 0 Å². The molecule has 0 N–H and O–H groups in total. The van der Waals surface area contributed by atoms with Gasteiger partial charge in [-0.3, -0.25) is 4.84 Å². The number of carbonyl (C=O) groups is 2. The van der Waals surface area contributed by atoms with Crippen LogP contribution in [0, 0.1) is 0 Å². The van der Waals surface area contributed by atoms with Gasteiger partial charge in [-0.1, -0.05) is 0 Å². The number of benzene rings is 1. The largest absolute Gasteiger partial charge is 0.460 e. The fourth-order valence-corrected chi connectivity index (χ4v) is 2.59. The van der Waals surface area contributed by atoms with E-state index < -0.39 is 11.9 Å². The molecule has 0 aromatic heterocycles. The Kier molecular flexibility index (Phi) is 13.9. The predicted octanol–water partition coefficient (Wildman–Crippen LogP) is 3.86. The van der Waals surface area contributed by atoms with Crippen LogP contribution in [0.2, 0.25) is 0 Å². The molecule has 194 valence electrons. The molecule has 34 heavy (non-hydrogen) atoms. The van der Waals surface area contributed by atoms with Crippen molar-refractivity contribution in [1.29, 1.82) is 0 Å². The molecule has 0 aliphatic rings. The minimum atomic E-state index is -0.498. The molecule has 1 aromatic carbocycles. The van der Waals surface area contributed by atoms with E-state index in [2.05, 4.69) is 0 Å². The van der Waals surface area contributed by atoms with Gasteiger partial charge in [0.15, 0.2) is 0 Å². The van der Waals surface area contributed by atoms with Crippen LogP contribution < -0.4 is 0 Å².